The van der Waals surface area contributed by atoms with Gasteiger partial charge in [0.25, 0.3) is 0 Å². The zero-order valence-corrected chi connectivity index (χ0v) is 15.6. The fourth-order valence-electron chi connectivity index (χ4n) is 3.75. The molecule has 27 heavy (non-hydrogen) atoms. The predicted molar refractivity (Wildman–Crippen MR) is 99.9 cm³/mol. The molecule has 0 radical (unpaired) electrons. The van der Waals surface area contributed by atoms with Crippen LogP contribution in [0.2, 0.25) is 0 Å². The van der Waals surface area contributed by atoms with E-state index < -0.39 is 11.5 Å². The first-order chi connectivity index (χ1) is 13.1. The molecule has 2 amide bonds. The van der Waals surface area contributed by atoms with Crippen molar-refractivity contribution in [2.24, 2.45) is 0 Å². The lowest BCUT2D eigenvalue weighted by Gasteiger charge is -2.31. The molecule has 0 aromatic heterocycles. The normalized spacial score (nSPS) is 21.0. The molecular formula is C20H28N2O5. The number of nitrogens with zero attached hydrogens (tertiary/aromatic N) is 1. The van der Waals surface area contributed by atoms with Gasteiger partial charge >= 0.3 is 12.0 Å². The number of para-hydroxylation sites is 1. The summed E-state index contributed by atoms with van der Waals surface area (Å²) in [6, 6.07) is 9.07. The van der Waals surface area contributed by atoms with Gasteiger partial charge in [0.05, 0.1) is 12.6 Å². The molecule has 2 aliphatic rings. The van der Waals surface area contributed by atoms with Crippen LogP contribution in [-0.4, -0.2) is 60.0 Å². The van der Waals surface area contributed by atoms with Crippen molar-refractivity contribution in [1.29, 1.82) is 0 Å². The number of carbonyl (C=O) groups is 2. The number of rotatable bonds is 8. The summed E-state index contributed by atoms with van der Waals surface area (Å²) in [6.07, 6.45) is 4.47. The van der Waals surface area contributed by atoms with Crippen molar-refractivity contribution in [3.63, 3.8) is 0 Å². The zero-order chi connectivity index (χ0) is 19.1. The van der Waals surface area contributed by atoms with Crippen LogP contribution in [0, 0.1) is 0 Å². The zero-order valence-electron chi connectivity index (χ0n) is 15.6. The minimum absolute atomic E-state index is 0.00293. The van der Waals surface area contributed by atoms with Crippen LogP contribution >= 0.6 is 0 Å². The third kappa shape index (κ3) is 5.13. The molecule has 1 aromatic carbocycles. The van der Waals surface area contributed by atoms with Gasteiger partial charge in [-0.05, 0) is 37.8 Å². The number of hydrogen-bond acceptors (Lipinski definition) is 4. The van der Waals surface area contributed by atoms with Gasteiger partial charge in [0, 0.05) is 13.2 Å². The van der Waals surface area contributed by atoms with Gasteiger partial charge in [-0.2, -0.15) is 0 Å². The van der Waals surface area contributed by atoms with E-state index in [1.54, 1.807) is 4.90 Å². The molecule has 148 valence electrons. The maximum atomic E-state index is 12.9. The summed E-state index contributed by atoms with van der Waals surface area (Å²) in [7, 11) is 0. The van der Waals surface area contributed by atoms with E-state index in [1.165, 1.54) is 0 Å². The Labute approximate surface area is 159 Å². The third-order valence-electron chi connectivity index (χ3n) is 5.32. The second-order valence-electron chi connectivity index (χ2n) is 7.27. The minimum atomic E-state index is -1.15. The number of amides is 2. The van der Waals surface area contributed by atoms with Crippen molar-refractivity contribution >= 4 is 12.0 Å². The topological polar surface area (TPSA) is 88.1 Å². The van der Waals surface area contributed by atoms with E-state index in [0.29, 0.717) is 39.1 Å². The van der Waals surface area contributed by atoms with Gasteiger partial charge in [0.15, 0.2) is 0 Å². The molecule has 1 heterocycles. The smallest absolute Gasteiger partial charge is 0.329 e. The molecule has 2 fully saturated rings. The predicted octanol–water partition coefficient (Wildman–Crippen LogP) is 2.65. The molecule has 1 aliphatic heterocycles. The fourth-order valence-corrected chi connectivity index (χ4v) is 3.75. The number of urea groups is 1. The lowest BCUT2D eigenvalue weighted by molar-refractivity contribution is -0.144. The van der Waals surface area contributed by atoms with Crippen molar-refractivity contribution in [1.82, 2.24) is 10.2 Å². The van der Waals surface area contributed by atoms with E-state index in [4.69, 9.17) is 9.47 Å². The quantitative estimate of drug-likeness (QED) is 0.728. The molecule has 3 rings (SSSR count). The van der Waals surface area contributed by atoms with Gasteiger partial charge in [0.2, 0.25) is 0 Å². The number of carbonyl (C=O) groups excluding carboxylic acids is 1. The van der Waals surface area contributed by atoms with Crippen LogP contribution in [-0.2, 0) is 9.53 Å². The molecule has 7 nitrogen and oxygen atoms in total. The monoisotopic (exact) mass is 376 g/mol. The molecule has 1 unspecified atom stereocenters. The number of ether oxygens (including phenoxy) is 2. The summed E-state index contributed by atoms with van der Waals surface area (Å²) in [5.74, 6) is -0.210. The van der Waals surface area contributed by atoms with E-state index >= 15 is 0 Å². The number of hydrogen-bond donors (Lipinski definition) is 2. The molecule has 0 spiro atoms. The Morgan fingerprint density at radius 1 is 1.22 bits per heavy atom. The fraction of sp³-hybridized carbons (Fsp3) is 0.600. The van der Waals surface area contributed by atoms with Crippen molar-refractivity contribution in [2.75, 3.05) is 26.3 Å². The molecule has 7 heteroatoms. The first-order valence-electron chi connectivity index (χ1n) is 9.69. The molecule has 1 aromatic rings. The largest absolute Gasteiger partial charge is 0.492 e. The molecule has 1 aliphatic carbocycles. The lowest BCUT2D eigenvalue weighted by Crippen LogP contribution is -2.57. The van der Waals surface area contributed by atoms with Gasteiger partial charge in [-0.25, -0.2) is 9.59 Å². The van der Waals surface area contributed by atoms with Crippen molar-refractivity contribution in [3.8, 4) is 5.75 Å². The van der Waals surface area contributed by atoms with Gasteiger partial charge < -0.3 is 24.8 Å². The highest BCUT2D eigenvalue weighted by molar-refractivity contribution is 5.86. The Morgan fingerprint density at radius 2 is 1.96 bits per heavy atom. The Morgan fingerprint density at radius 3 is 2.59 bits per heavy atom. The number of nitrogens with one attached hydrogen (secondary N) is 1. The first-order valence-corrected chi connectivity index (χ1v) is 9.69. The Hall–Kier alpha value is -2.28. The maximum Gasteiger partial charge on any atom is 0.329 e. The number of carboxylic acids is 1. The Bertz CT molecular complexity index is 625. The first kappa shape index (κ1) is 19.5. The minimum Gasteiger partial charge on any atom is -0.492 e. The van der Waals surface area contributed by atoms with Crippen LogP contribution in [0.4, 0.5) is 4.79 Å². The van der Waals surface area contributed by atoms with Crippen LogP contribution in [0.15, 0.2) is 30.3 Å². The molecular weight excluding hydrogens is 348 g/mol. The van der Waals surface area contributed by atoms with Crippen LogP contribution in [0.3, 0.4) is 0 Å². The van der Waals surface area contributed by atoms with Gasteiger partial charge in [-0.3, -0.25) is 0 Å². The molecule has 1 saturated heterocycles. The summed E-state index contributed by atoms with van der Waals surface area (Å²) in [6.45, 7) is 1.86. The lowest BCUT2D eigenvalue weighted by atomic mass is 9.98. The van der Waals surface area contributed by atoms with Gasteiger partial charge in [-0.15, -0.1) is 0 Å². The molecule has 0 bridgehead atoms. The van der Waals surface area contributed by atoms with Crippen molar-refractivity contribution in [3.05, 3.63) is 30.3 Å². The molecule has 1 atom stereocenters. The van der Waals surface area contributed by atoms with E-state index in [-0.39, 0.29) is 12.1 Å². The second-order valence-corrected chi connectivity index (χ2v) is 7.27. The van der Waals surface area contributed by atoms with E-state index in [0.717, 1.165) is 31.4 Å². The summed E-state index contributed by atoms with van der Waals surface area (Å²) >= 11 is 0. The van der Waals surface area contributed by atoms with Crippen LogP contribution in [0.5, 0.6) is 5.75 Å². The van der Waals surface area contributed by atoms with Crippen LogP contribution < -0.4 is 10.1 Å². The SMILES string of the molecule is O=C(NC1(C(=O)O)CCCC1)N(CCOc1ccccc1)CC1CCCO1. The highest BCUT2D eigenvalue weighted by Gasteiger charge is 2.43. The maximum absolute atomic E-state index is 12.9. The number of carboxylic acid groups (broad SMARTS) is 1. The van der Waals surface area contributed by atoms with Gasteiger partial charge in [0.1, 0.15) is 17.9 Å². The Balaban J connectivity index is 1.61. The number of aliphatic carboxylic acids is 1. The van der Waals surface area contributed by atoms with Crippen molar-refractivity contribution in [2.45, 2.75) is 50.2 Å². The van der Waals surface area contributed by atoms with E-state index in [1.807, 2.05) is 30.3 Å². The summed E-state index contributed by atoms with van der Waals surface area (Å²) in [5, 5.41) is 12.4. The standard InChI is InChI=1S/C20H28N2O5/c23-18(24)20(10-4-5-11-20)21-19(25)22(15-17-9-6-13-26-17)12-14-27-16-7-2-1-3-8-16/h1-3,7-8,17H,4-6,9-15H2,(H,21,25)(H,23,24). The Kier molecular flexibility index (Phi) is 6.55. The van der Waals surface area contributed by atoms with Crippen LogP contribution in [0.1, 0.15) is 38.5 Å². The molecule has 1 saturated carbocycles. The highest BCUT2D eigenvalue weighted by atomic mass is 16.5. The van der Waals surface area contributed by atoms with Gasteiger partial charge in [-0.1, -0.05) is 31.0 Å². The highest BCUT2D eigenvalue weighted by Crippen LogP contribution is 2.30. The summed E-state index contributed by atoms with van der Waals surface area (Å²) < 4.78 is 11.4. The van der Waals surface area contributed by atoms with E-state index in [2.05, 4.69) is 5.32 Å². The third-order valence-corrected chi connectivity index (χ3v) is 5.32. The summed E-state index contributed by atoms with van der Waals surface area (Å²) in [5.41, 5.74) is -1.15. The average molecular weight is 376 g/mol. The number of benzene rings is 1. The van der Waals surface area contributed by atoms with Crippen LogP contribution in [0.25, 0.3) is 0 Å². The second kappa shape index (κ2) is 9.08. The van der Waals surface area contributed by atoms with E-state index in [9.17, 15) is 14.7 Å². The van der Waals surface area contributed by atoms with Crippen molar-refractivity contribution < 1.29 is 24.2 Å². The average Bonchev–Trinajstić information content (AvgIpc) is 3.34. The summed E-state index contributed by atoms with van der Waals surface area (Å²) in [4.78, 5) is 26.2. The molecule has 2 N–H and O–H groups in total.